The van der Waals surface area contributed by atoms with Crippen LogP contribution >= 0.6 is 0 Å². The minimum absolute atomic E-state index is 0.871. The molecule has 0 unspecified atom stereocenters. The van der Waals surface area contributed by atoms with Crippen LogP contribution in [0.25, 0.3) is 0 Å². The molecule has 21 heavy (non-hydrogen) atoms. The first-order valence-corrected chi connectivity index (χ1v) is 7.23. The summed E-state index contributed by atoms with van der Waals surface area (Å²) in [5.74, 6) is 0. The Morgan fingerprint density at radius 1 is 0.905 bits per heavy atom. The maximum absolute atomic E-state index is 4.48. The molecule has 0 saturated heterocycles. The average molecular weight is 275 g/mol. The van der Waals surface area contributed by atoms with E-state index in [2.05, 4.69) is 71.2 Å². The van der Waals surface area contributed by atoms with Crippen LogP contribution in [0.4, 0.5) is 0 Å². The first-order chi connectivity index (χ1) is 10.3. The third kappa shape index (κ3) is 3.76. The molecule has 1 aromatic heterocycles. The topological polar surface area (TPSA) is 16.8 Å². The number of benzene rings is 2. The summed E-state index contributed by atoms with van der Waals surface area (Å²) in [5, 5.41) is 0. The zero-order valence-electron chi connectivity index (χ0n) is 12.2. The van der Waals surface area contributed by atoms with Gasteiger partial charge in [-0.1, -0.05) is 60.2 Å². The predicted molar refractivity (Wildman–Crippen MR) is 84.0 cm³/mol. The van der Waals surface area contributed by atoms with E-state index in [-0.39, 0.29) is 0 Å². The van der Waals surface area contributed by atoms with Crippen molar-refractivity contribution in [3.63, 3.8) is 0 Å². The molecule has 0 amide bonds. The molecule has 0 spiro atoms. The maximum atomic E-state index is 4.48. The minimum atomic E-state index is 0.871. The van der Waals surface area contributed by atoms with Gasteiger partial charge in [-0.15, -0.1) is 0 Å². The molecule has 104 valence electrons. The molecule has 0 radical (unpaired) electrons. The molecule has 2 heteroatoms. The van der Waals surface area contributed by atoms with E-state index in [4.69, 9.17) is 0 Å². The number of aryl methyl sites for hydroxylation is 1. The smallest absolute Gasteiger partial charge is 0.191 e. The van der Waals surface area contributed by atoms with Gasteiger partial charge in [0, 0.05) is 12.0 Å². The van der Waals surface area contributed by atoms with Gasteiger partial charge in [-0.2, -0.15) is 4.57 Å². The van der Waals surface area contributed by atoms with Crippen LogP contribution in [0, 0.1) is 6.92 Å². The number of nitrogens with zero attached hydrogens (tertiary/aromatic N) is 2. The molecule has 0 bridgehead atoms. The number of hydrogen-bond acceptors (Lipinski definition) is 1. The lowest BCUT2D eigenvalue weighted by Crippen LogP contribution is -2.34. The van der Waals surface area contributed by atoms with Crippen LogP contribution in [0.1, 0.15) is 22.4 Å². The third-order valence-corrected chi connectivity index (χ3v) is 3.53. The molecular formula is C19H19N2+. The van der Waals surface area contributed by atoms with Crippen molar-refractivity contribution < 1.29 is 4.57 Å². The van der Waals surface area contributed by atoms with Gasteiger partial charge >= 0.3 is 0 Å². The van der Waals surface area contributed by atoms with Crippen molar-refractivity contribution >= 4 is 0 Å². The van der Waals surface area contributed by atoms with E-state index in [1.54, 1.807) is 0 Å². The van der Waals surface area contributed by atoms with Crippen molar-refractivity contribution in [2.24, 2.45) is 0 Å². The number of rotatable bonds is 4. The van der Waals surface area contributed by atoms with Crippen LogP contribution < -0.4 is 4.57 Å². The quantitative estimate of drug-likeness (QED) is 0.667. The first-order valence-electron chi connectivity index (χ1n) is 7.23. The van der Waals surface area contributed by atoms with E-state index in [1.807, 2.05) is 18.5 Å². The highest BCUT2D eigenvalue weighted by Crippen LogP contribution is 2.07. The summed E-state index contributed by atoms with van der Waals surface area (Å²) in [5.41, 5.74) is 4.98. The fraction of sp³-hybridized carbons (Fsp3) is 0.158. The zero-order valence-corrected chi connectivity index (χ0v) is 12.2. The van der Waals surface area contributed by atoms with E-state index in [0.717, 1.165) is 18.7 Å². The summed E-state index contributed by atoms with van der Waals surface area (Å²) in [6.45, 7) is 2.99. The standard InChI is InChI=1S/C19H19N2/c1-16-7-9-17(10-8-16)13-19-15-21(12-11-20-19)14-18-5-3-2-4-6-18/h2-12,15H,13-14H2,1H3/q+1. The molecule has 2 aromatic carbocycles. The zero-order chi connectivity index (χ0) is 14.5. The molecule has 3 aromatic rings. The SMILES string of the molecule is Cc1ccc(Cc2c[n+](Cc3ccccc3)ccn2)cc1. The summed E-state index contributed by atoms with van der Waals surface area (Å²) >= 11 is 0. The molecule has 2 nitrogen and oxygen atoms in total. The number of aromatic nitrogens is 2. The Labute approximate surface area is 125 Å². The molecule has 0 fully saturated rings. The van der Waals surface area contributed by atoms with Gasteiger partial charge in [0.05, 0.1) is 6.20 Å². The molecule has 3 rings (SSSR count). The van der Waals surface area contributed by atoms with Gasteiger partial charge in [0.15, 0.2) is 18.9 Å². The predicted octanol–water partition coefficient (Wildman–Crippen LogP) is 3.32. The second-order valence-corrected chi connectivity index (χ2v) is 5.37. The molecule has 0 aliphatic rings. The Morgan fingerprint density at radius 3 is 2.43 bits per heavy atom. The van der Waals surface area contributed by atoms with E-state index < -0.39 is 0 Å². The molecule has 0 aliphatic carbocycles. The summed E-state index contributed by atoms with van der Waals surface area (Å²) in [6, 6.07) is 19.1. The number of hydrogen-bond donors (Lipinski definition) is 0. The van der Waals surface area contributed by atoms with Crippen molar-refractivity contribution in [2.75, 3.05) is 0 Å². The van der Waals surface area contributed by atoms with Gasteiger partial charge < -0.3 is 0 Å². The van der Waals surface area contributed by atoms with Crippen molar-refractivity contribution in [3.8, 4) is 0 Å². The summed E-state index contributed by atoms with van der Waals surface area (Å²) in [7, 11) is 0. The Morgan fingerprint density at radius 2 is 1.67 bits per heavy atom. The van der Waals surface area contributed by atoms with Gasteiger partial charge in [-0.05, 0) is 12.5 Å². The van der Waals surface area contributed by atoms with Crippen LogP contribution in [0.3, 0.4) is 0 Å². The Hall–Kier alpha value is -2.48. The van der Waals surface area contributed by atoms with Crippen LogP contribution in [0.15, 0.2) is 73.2 Å². The van der Waals surface area contributed by atoms with Gasteiger partial charge in [0.25, 0.3) is 0 Å². The molecule has 0 N–H and O–H groups in total. The fourth-order valence-corrected chi connectivity index (χ4v) is 2.38. The van der Waals surface area contributed by atoms with Gasteiger partial charge in [-0.25, -0.2) is 4.98 Å². The van der Waals surface area contributed by atoms with Gasteiger partial charge in [0.2, 0.25) is 0 Å². The Bertz CT molecular complexity index is 703. The summed E-state index contributed by atoms with van der Waals surface area (Å²) < 4.78 is 2.19. The van der Waals surface area contributed by atoms with Crippen LogP contribution in [0.2, 0.25) is 0 Å². The lowest BCUT2D eigenvalue weighted by atomic mass is 10.1. The highest BCUT2D eigenvalue weighted by atomic mass is 15.0. The monoisotopic (exact) mass is 275 g/mol. The minimum Gasteiger partial charge on any atom is -0.248 e. The van der Waals surface area contributed by atoms with E-state index in [0.29, 0.717) is 0 Å². The van der Waals surface area contributed by atoms with E-state index in [9.17, 15) is 0 Å². The molecule has 1 heterocycles. The van der Waals surface area contributed by atoms with Crippen molar-refractivity contribution in [2.45, 2.75) is 19.9 Å². The highest BCUT2D eigenvalue weighted by Gasteiger charge is 2.06. The normalized spacial score (nSPS) is 10.5. The molecular weight excluding hydrogens is 256 g/mol. The Balaban J connectivity index is 1.75. The maximum Gasteiger partial charge on any atom is 0.191 e. The summed E-state index contributed by atoms with van der Waals surface area (Å²) in [4.78, 5) is 4.48. The van der Waals surface area contributed by atoms with Crippen molar-refractivity contribution in [1.29, 1.82) is 0 Å². The van der Waals surface area contributed by atoms with Crippen molar-refractivity contribution in [1.82, 2.24) is 4.98 Å². The van der Waals surface area contributed by atoms with Gasteiger partial charge in [0.1, 0.15) is 5.69 Å². The highest BCUT2D eigenvalue weighted by molar-refractivity contribution is 5.24. The van der Waals surface area contributed by atoms with Crippen molar-refractivity contribution in [3.05, 3.63) is 95.6 Å². The van der Waals surface area contributed by atoms with E-state index in [1.165, 1.54) is 16.7 Å². The van der Waals surface area contributed by atoms with Crippen LogP contribution in [0.5, 0.6) is 0 Å². The second kappa shape index (κ2) is 6.31. The van der Waals surface area contributed by atoms with E-state index >= 15 is 0 Å². The third-order valence-electron chi connectivity index (χ3n) is 3.53. The second-order valence-electron chi connectivity index (χ2n) is 5.37. The van der Waals surface area contributed by atoms with Crippen LogP contribution in [-0.2, 0) is 13.0 Å². The first kappa shape index (κ1) is 13.5. The fourth-order valence-electron chi connectivity index (χ4n) is 2.38. The van der Waals surface area contributed by atoms with Gasteiger partial charge in [-0.3, -0.25) is 0 Å². The average Bonchev–Trinajstić information content (AvgIpc) is 2.51. The molecule has 0 atom stereocenters. The Kier molecular flexibility index (Phi) is 4.06. The molecule has 0 aliphatic heterocycles. The largest absolute Gasteiger partial charge is 0.248 e. The summed E-state index contributed by atoms with van der Waals surface area (Å²) in [6.07, 6.45) is 6.90. The van der Waals surface area contributed by atoms with Crippen LogP contribution in [-0.4, -0.2) is 4.98 Å². The lowest BCUT2D eigenvalue weighted by Gasteiger charge is -2.02. The molecule has 0 saturated carbocycles. The lowest BCUT2D eigenvalue weighted by molar-refractivity contribution is -0.689.